The van der Waals surface area contributed by atoms with Crippen LogP contribution in [-0.2, 0) is 14.3 Å². The van der Waals surface area contributed by atoms with Crippen LogP contribution in [0.25, 0.3) is 0 Å². The van der Waals surface area contributed by atoms with E-state index in [2.05, 4.69) is 11.9 Å². The zero-order valence-corrected chi connectivity index (χ0v) is 11.4. The molecule has 0 saturated heterocycles. The SMILES string of the molecule is C=CC(=O)OCC(OC(=O)NCCCC)C(C)C. The number of ether oxygens (including phenoxy) is 2. The Kier molecular flexibility index (Phi) is 8.70. The van der Waals surface area contributed by atoms with Crippen molar-refractivity contribution in [2.75, 3.05) is 13.2 Å². The van der Waals surface area contributed by atoms with Crippen molar-refractivity contribution in [2.45, 2.75) is 39.7 Å². The Hall–Kier alpha value is -1.52. The molecule has 0 spiro atoms. The molecule has 1 atom stereocenters. The maximum atomic E-state index is 11.5. The van der Waals surface area contributed by atoms with E-state index >= 15 is 0 Å². The molecule has 0 aromatic carbocycles. The first kappa shape index (κ1) is 16.5. The van der Waals surface area contributed by atoms with Crippen LogP contribution in [-0.4, -0.2) is 31.3 Å². The van der Waals surface area contributed by atoms with E-state index in [1.54, 1.807) is 0 Å². The molecule has 0 aliphatic rings. The average Bonchev–Trinajstić information content (AvgIpc) is 2.33. The summed E-state index contributed by atoms with van der Waals surface area (Å²) >= 11 is 0. The van der Waals surface area contributed by atoms with Crippen molar-refractivity contribution in [3.05, 3.63) is 12.7 Å². The summed E-state index contributed by atoms with van der Waals surface area (Å²) in [5, 5.41) is 2.65. The zero-order chi connectivity index (χ0) is 14.0. The van der Waals surface area contributed by atoms with Gasteiger partial charge in [-0.05, 0) is 12.3 Å². The monoisotopic (exact) mass is 257 g/mol. The van der Waals surface area contributed by atoms with Crippen molar-refractivity contribution in [3.8, 4) is 0 Å². The molecule has 1 unspecified atom stereocenters. The summed E-state index contributed by atoms with van der Waals surface area (Å²) in [6.45, 7) is 9.76. The van der Waals surface area contributed by atoms with Crippen molar-refractivity contribution in [1.82, 2.24) is 5.32 Å². The van der Waals surface area contributed by atoms with Crippen LogP contribution in [0, 0.1) is 5.92 Å². The smallest absolute Gasteiger partial charge is 0.407 e. The maximum absolute atomic E-state index is 11.5. The lowest BCUT2D eigenvalue weighted by atomic mass is 10.1. The first-order valence-corrected chi connectivity index (χ1v) is 6.24. The van der Waals surface area contributed by atoms with Crippen LogP contribution in [0.5, 0.6) is 0 Å². The number of amides is 1. The van der Waals surface area contributed by atoms with E-state index in [1.807, 2.05) is 20.8 Å². The summed E-state index contributed by atoms with van der Waals surface area (Å²) in [5.74, 6) is -0.449. The molecule has 104 valence electrons. The molecule has 0 radical (unpaired) electrons. The van der Waals surface area contributed by atoms with Crippen molar-refractivity contribution >= 4 is 12.1 Å². The number of nitrogens with one attached hydrogen (secondary N) is 1. The fourth-order valence-corrected chi connectivity index (χ4v) is 1.13. The van der Waals surface area contributed by atoms with E-state index in [4.69, 9.17) is 9.47 Å². The van der Waals surface area contributed by atoms with Gasteiger partial charge in [-0.15, -0.1) is 0 Å². The van der Waals surface area contributed by atoms with Crippen LogP contribution < -0.4 is 5.32 Å². The molecule has 0 rings (SSSR count). The van der Waals surface area contributed by atoms with Gasteiger partial charge in [0, 0.05) is 12.6 Å². The van der Waals surface area contributed by atoms with Gasteiger partial charge in [0.25, 0.3) is 0 Å². The first-order valence-electron chi connectivity index (χ1n) is 6.24. The highest BCUT2D eigenvalue weighted by atomic mass is 16.6. The van der Waals surface area contributed by atoms with Gasteiger partial charge in [-0.2, -0.15) is 0 Å². The van der Waals surface area contributed by atoms with Gasteiger partial charge in [0.2, 0.25) is 0 Å². The first-order chi connectivity index (χ1) is 8.51. The normalized spacial score (nSPS) is 11.8. The second kappa shape index (κ2) is 9.50. The van der Waals surface area contributed by atoms with E-state index in [0.717, 1.165) is 18.9 Å². The van der Waals surface area contributed by atoms with E-state index in [-0.39, 0.29) is 12.5 Å². The molecule has 1 N–H and O–H groups in total. The van der Waals surface area contributed by atoms with Gasteiger partial charge in [-0.1, -0.05) is 33.8 Å². The molecule has 0 aromatic heterocycles. The molecule has 0 aliphatic heterocycles. The van der Waals surface area contributed by atoms with Crippen molar-refractivity contribution < 1.29 is 19.1 Å². The number of carbonyl (C=O) groups excluding carboxylic acids is 2. The number of unbranched alkanes of at least 4 members (excludes halogenated alkanes) is 1. The lowest BCUT2D eigenvalue weighted by Gasteiger charge is -2.21. The van der Waals surface area contributed by atoms with Crippen LogP contribution in [0.15, 0.2) is 12.7 Å². The van der Waals surface area contributed by atoms with Crippen molar-refractivity contribution in [1.29, 1.82) is 0 Å². The lowest BCUT2D eigenvalue weighted by molar-refractivity contribution is -0.141. The molecule has 0 aliphatic carbocycles. The minimum Gasteiger partial charge on any atom is -0.459 e. The number of rotatable bonds is 8. The third-order valence-electron chi connectivity index (χ3n) is 2.36. The van der Waals surface area contributed by atoms with Gasteiger partial charge in [-0.3, -0.25) is 0 Å². The Bertz CT molecular complexity index is 276. The van der Waals surface area contributed by atoms with Crippen LogP contribution >= 0.6 is 0 Å². The van der Waals surface area contributed by atoms with Gasteiger partial charge < -0.3 is 14.8 Å². The molecule has 18 heavy (non-hydrogen) atoms. The number of carbonyl (C=O) groups is 2. The van der Waals surface area contributed by atoms with Crippen molar-refractivity contribution in [2.24, 2.45) is 5.92 Å². The predicted molar refractivity (Wildman–Crippen MR) is 69.2 cm³/mol. The maximum Gasteiger partial charge on any atom is 0.407 e. The highest BCUT2D eigenvalue weighted by Crippen LogP contribution is 2.08. The zero-order valence-electron chi connectivity index (χ0n) is 11.4. The summed E-state index contributed by atoms with van der Waals surface area (Å²) in [7, 11) is 0. The molecule has 5 nitrogen and oxygen atoms in total. The summed E-state index contributed by atoms with van der Waals surface area (Å²) in [4.78, 5) is 22.4. The predicted octanol–water partition coefficient (Wildman–Crippen LogP) is 2.27. The van der Waals surface area contributed by atoms with Crippen LogP contribution in [0.1, 0.15) is 33.6 Å². The summed E-state index contributed by atoms with van der Waals surface area (Å²) < 4.78 is 10.1. The molecular formula is C13H23NO4. The molecular weight excluding hydrogens is 234 g/mol. The lowest BCUT2D eigenvalue weighted by Crippen LogP contribution is -2.35. The van der Waals surface area contributed by atoms with Crippen LogP contribution in [0.3, 0.4) is 0 Å². The minimum absolute atomic E-state index is 0.0454. The van der Waals surface area contributed by atoms with Gasteiger partial charge >= 0.3 is 12.1 Å². The Morgan fingerprint density at radius 3 is 2.56 bits per heavy atom. The fraction of sp³-hybridized carbons (Fsp3) is 0.692. The van der Waals surface area contributed by atoms with Gasteiger partial charge in [0.05, 0.1) is 0 Å². The highest BCUT2D eigenvalue weighted by molar-refractivity contribution is 5.81. The van der Waals surface area contributed by atoms with E-state index < -0.39 is 18.2 Å². The molecule has 0 heterocycles. The van der Waals surface area contributed by atoms with Crippen LogP contribution in [0.2, 0.25) is 0 Å². The molecule has 0 bridgehead atoms. The fourth-order valence-electron chi connectivity index (χ4n) is 1.13. The third-order valence-corrected chi connectivity index (χ3v) is 2.36. The summed E-state index contributed by atoms with van der Waals surface area (Å²) in [5.41, 5.74) is 0. The highest BCUT2D eigenvalue weighted by Gasteiger charge is 2.19. The topological polar surface area (TPSA) is 64.6 Å². The molecule has 0 aromatic rings. The molecule has 0 saturated carbocycles. The second-order valence-corrected chi connectivity index (χ2v) is 4.30. The Labute approximate surface area is 109 Å². The Morgan fingerprint density at radius 1 is 1.39 bits per heavy atom. The standard InChI is InChI=1S/C13H23NO4/c1-5-7-8-14-13(16)18-11(10(3)4)9-17-12(15)6-2/h6,10-11H,2,5,7-9H2,1,3-4H3,(H,14,16). The number of esters is 1. The third kappa shape index (κ3) is 7.70. The largest absolute Gasteiger partial charge is 0.459 e. The molecule has 0 fully saturated rings. The van der Waals surface area contributed by atoms with E-state index in [9.17, 15) is 9.59 Å². The van der Waals surface area contributed by atoms with E-state index in [0.29, 0.717) is 6.54 Å². The van der Waals surface area contributed by atoms with Crippen molar-refractivity contribution in [3.63, 3.8) is 0 Å². The van der Waals surface area contributed by atoms with E-state index in [1.165, 1.54) is 0 Å². The summed E-state index contributed by atoms with van der Waals surface area (Å²) in [6.07, 6.45) is 2.07. The van der Waals surface area contributed by atoms with Gasteiger partial charge in [-0.25, -0.2) is 9.59 Å². The average molecular weight is 257 g/mol. The number of hydrogen-bond acceptors (Lipinski definition) is 4. The minimum atomic E-state index is -0.518. The van der Waals surface area contributed by atoms with Crippen LogP contribution in [0.4, 0.5) is 4.79 Å². The molecule has 1 amide bonds. The Balaban J connectivity index is 4.06. The number of alkyl carbamates (subject to hydrolysis) is 1. The Morgan fingerprint density at radius 2 is 2.06 bits per heavy atom. The second-order valence-electron chi connectivity index (χ2n) is 4.30. The van der Waals surface area contributed by atoms with Gasteiger partial charge in [0.1, 0.15) is 12.7 Å². The molecule has 5 heteroatoms. The van der Waals surface area contributed by atoms with Gasteiger partial charge in [0.15, 0.2) is 0 Å². The quantitative estimate of drug-likeness (QED) is 0.411. The number of hydrogen-bond donors (Lipinski definition) is 1. The summed E-state index contributed by atoms with van der Waals surface area (Å²) in [6, 6.07) is 0.